The summed E-state index contributed by atoms with van der Waals surface area (Å²) < 4.78 is 0. The summed E-state index contributed by atoms with van der Waals surface area (Å²) in [5, 5.41) is 4.35. The molecule has 102 valence electrons. The highest BCUT2D eigenvalue weighted by Crippen LogP contribution is 2.30. The van der Waals surface area contributed by atoms with Crippen LogP contribution in [0.5, 0.6) is 0 Å². The zero-order chi connectivity index (χ0) is 13.4. The van der Waals surface area contributed by atoms with Crippen LogP contribution in [0.3, 0.4) is 0 Å². The zero-order valence-electron chi connectivity index (χ0n) is 10.5. The fourth-order valence-electron chi connectivity index (χ4n) is 3.07. The number of nitrogens with zero attached hydrogens (tertiary/aromatic N) is 1. The van der Waals surface area contributed by atoms with Gasteiger partial charge in [0.25, 0.3) is 5.91 Å². The highest BCUT2D eigenvalue weighted by molar-refractivity contribution is 6.39. The highest BCUT2D eigenvalue weighted by atomic mass is 35.5. The summed E-state index contributed by atoms with van der Waals surface area (Å²) >= 11 is 12.2. The van der Waals surface area contributed by atoms with E-state index in [9.17, 15) is 4.79 Å². The molecule has 2 aliphatic heterocycles. The van der Waals surface area contributed by atoms with Gasteiger partial charge in [-0.25, -0.2) is 0 Å². The number of nitrogens with one attached hydrogen (secondary N) is 1. The Bertz CT molecular complexity index is 472. The number of carbonyl (C=O) groups excluding carboxylic acids is 1. The molecule has 3 nitrogen and oxygen atoms in total. The summed E-state index contributed by atoms with van der Waals surface area (Å²) in [5.74, 6) is 0.519. The van der Waals surface area contributed by atoms with Gasteiger partial charge < -0.3 is 10.2 Å². The average molecular weight is 299 g/mol. The number of carbonyl (C=O) groups is 1. The van der Waals surface area contributed by atoms with Gasteiger partial charge in [0.15, 0.2) is 0 Å². The van der Waals surface area contributed by atoms with Crippen molar-refractivity contribution in [1.82, 2.24) is 10.2 Å². The van der Waals surface area contributed by atoms with E-state index in [0.717, 1.165) is 19.6 Å². The van der Waals surface area contributed by atoms with Crippen LogP contribution < -0.4 is 5.32 Å². The largest absolute Gasteiger partial charge is 0.337 e. The third kappa shape index (κ3) is 2.47. The molecule has 0 aromatic heterocycles. The van der Waals surface area contributed by atoms with E-state index in [1.54, 1.807) is 18.2 Å². The summed E-state index contributed by atoms with van der Waals surface area (Å²) in [6.45, 7) is 2.61. The maximum atomic E-state index is 12.6. The van der Waals surface area contributed by atoms with Gasteiger partial charge in [0, 0.05) is 19.1 Å². The van der Waals surface area contributed by atoms with Gasteiger partial charge in [-0.05, 0) is 37.4 Å². The predicted octanol–water partition coefficient (Wildman–Crippen LogP) is 2.82. The normalized spacial score (nSPS) is 26.3. The van der Waals surface area contributed by atoms with Crippen molar-refractivity contribution in [3.05, 3.63) is 33.8 Å². The highest BCUT2D eigenvalue weighted by Gasteiger charge is 2.37. The van der Waals surface area contributed by atoms with Gasteiger partial charge in [0.1, 0.15) is 0 Å². The lowest BCUT2D eigenvalue weighted by molar-refractivity contribution is 0.0786. The molecular weight excluding hydrogens is 283 g/mol. The first-order valence-corrected chi connectivity index (χ1v) is 7.39. The lowest BCUT2D eigenvalue weighted by Crippen LogP contribution is -2.41. The lowest BCUT2D eigenvalue weighted by atomic mass is 9.94. The Morgan fingerprint density at radius 1 is 1.26 bits per heavy atom. The number of amides is 1. The van der Waals surface area contributed by atoms with E-state index in [0.29, 0.717) is 27.6 Å². The summed E-state index contributed by atoms with van der Waals surface area (Å²) in [4.78, 5) is 14.4. The molecule has 1 aromatic carbocycles. The SMILES string of the molecule is O=C(c1c(Cl)cccc1Cl)N1CC2CCCNC2C1. The topological polar surface area (TPSA) is 32.3 Å². The Morgan fingerprint density at radius 3 is 2.68 bits per heavy atom. The van der Waals surface area contributed by atoms with Crippen LogP contribution in [0.15, 0.2) is 18.2 Å². The van der Waals surface area contributed by atoms with Crippen molar-refractivity contribution in [2.45, 2.75) is 18.9 Å². The van der Waals surface area contributed by atoms with Crippen molar-refractivity contribution in [1.29, 1.82) is 0 Å². The van der Waals surface area contributed by atoms with Crippen LogP contribution in [0.2, 0.25) is 10.0 Å². The lowest BCUT2D eigenvalue weighted by Gasteiger charge is -2.24. The molecule has 2 aliphatic rings. The van der Waals surface area contributed by atoms with Crippen molar-refractivity contribution >= 4 is 29.1 Å². The number of benzene rings is 1. The fourth-order valence-corrected chi connectivity index (χ4v) is 3.63. The number of rotatable bonds is 1. The van der Waals surface area contributed by atoms with Crippen LogP contribution in [0.1, 0.15) is 23.2 Å². The number of hydrogen-bond acceptors (Lipinski definition) is 2. The number of likely N-dealkylation sites (tertiary alicyclic amines) is 1. The van der Waals surface area contributed by atoms with E-state index < -0.39 is 0 Å². The quantitative estimate of drug-likeness (QED) is 0.865. The molecule has 1 amide bonds. The van der Waals surface area contributed by atoms with Crippen LogP contribution in [-0.2, 0) is 0 Å². The molecule has 5 heteroatoms. The van der Waals surface area contributed by atoms with E-state index in [4.69, 9.17) is 23.2 Å². The summed E-state index contributed by atoms with van der Waals surface area (Å²) in [7, 11) is 0. The minimum atomic E-state index is -0.0493. The molecule has 0 bridgehead atoms. The Labute approximate surface area is 122 Å². The van der Waals surface area contributed by atoms with Crippen molar-refractivity contribution in [2.75, 3.05) is 19.6 Å². The molecular formula is C14H16Cl2N2O. The van der Waals surface area contributed by atoms with Gasteiger partial charge in [0.05, 0.1) is 15.6 Å². The molecule has 0 spiro atoms. The number of halogens is 2. The molecule has 2 atom stereocenters. The number of hydrogen-bond donors (Lipinski definition) is 1. The Morgan fingerprint density at radius 2 is 2.00 bits per heavy atom. The van der Waals surface area contributed by atoms with Gasteiger partial charge >= 0.3 is 0 Å². The van der Waals surface area contributed by atoms with Crippen molar-refractivity contribution < 1.29 is 4.79 Å². The third-order valence-electron chi connectivity index (χ3n) is 4.06. The standard InChI is InChI=1S/C14H16Cl2N2O/c15-10-4-1-5-11(16)13(10)14(19)18-7-9-3-2-6-17-12(9)8-18/h1,4-5,9,12,17H,2-3,6-8H2. The van der Waals surface area contributed by atoms with E-state index >= 15 is 0 Å². The van der Waals surface area contributed by atoms with Gasteiger partial charge in [0.2, 0.25) is 0 Å². The molecule has 0 radical (unpaired) electrons. The second kappa shape index (κ2) is 5.31. The van der Waals surface area contributed by atoms with Crippen molar-refractivity contribution in [3.8, 4) is 0 Å². The zero-order valence-corrected chi connectivity index (χ0v) is 12.0. The van der Waals surface area contributed by atoms with Gasteiger partial charge in [-0.2, -0.15) is 0 Å². The first-order valence-electron chi connectivity index (χ1n) is 6.63. The van der Waals surface area contributed by atoms with E-state index in [-0.39, 0.29) is 5.91 Å². The minimum Gasteiger partial charge on any atom is -0.337 e. The van der Waals surface area contributed by atoms with Crippen molar-refractivity contribution in [2.24, 2.45) is 5.92 Å². The van der Waals surface area contributed by atoms with E-state index in [2.05, 4.69) is 5.32 Å². The molecule has 0 aliphatic carbocycles. The Hall–Kier alpha value is -0.770. The first kappa shape index (κ1) is 13.2. The van der Waals surface area contributed by atoms with Gasteiger partial charge in [-0.1, -0.05) is 29.3 Å². The maximum absolute atomic E-state index is 12.6. The minimum absolute atomic E-state index is 0.0493. The summed E-state index contributed by atoms with van der Waals surface area (Å²) in [6, 6.07) is 5.61. The van der Waals surface area contributed by atoms with Crippen LogP contribution in [0, 0.1) is 5.92 Å². The van der Waals surface area contributed by atoms with Crippen molar-refractivity contribution in [3.63, 3.8) is 0 Å². The van der Waals surface area contributed by atoms with E-state index in [1.165, 1.54) is 12.8 Å². The second-order valence-corrected chi connectivity index (χ2v) is 6.08. The van der Waals surface area contributed by atoms with Gasteiger partial charge in [-0.15, -0.1) is 0 Å². The maximum Gasteiger partial charge on any atom is 0.256 e. The molecule has 3 rings (SSSR count). The summed E-state index contributed by atoms with van der Waals surface area (Å²) in [6.07, 6.45) is 2.38. The van der Waals surface area contributed by atoms with E-state index in [1.807, 2.05) is 4.90 Å². The van der Waals surface area contributed by atoms with Crippen LogP contribution in [0.25, 0.3) is 0 Å². The monoisotopic (exact) mass is 298 g/mol. The predicted molar refractivity (Wildman–Crippen MR) is 76.9 cm³/mol. The smallest absolute Gasteiger partial charge is 0.256 e. The molecule has 1 aromatic rings. The van der Waals surface area contributed by atoms with Crippen LogP contribution in [0.4, 0.5) is 0 Å². The molecule has 2 saturated heterocycles. The summed E-state index contributed by atoms with van der Waals surface area (Å²) in [5.41, 5.74) is 0.435. The van der Waals surface area contributed by atoms with Crippen LogP contribution in [-0.4, -0.2) is 36.5 Å². The second-order valence-electron chi connectivity index (χ2n) is 5.27. The third-order valence-corrected chi connectivity index (χ3v) is 4.69. The number of piperidine rings is 1. The number of fused-ring (bicyclic) bond motifs is 1. The molecule has 2 fully saturated rings. The molecule has 2 unspecified atom stereocenters. The first-order chi connectivity index (χ1) is 9.16. The molecule has 0 saturated carbocycles. The van der Waals surface area contributed by atoms with Crippen LogP contribution >= 0.6 is 23.2 Å². The average Bonchev–Trinajstić information content (AvgIpc) is 2.82. The molecule has 2 heterocycles. The van der Waals surface area contributed by atoms with Gasteiger partial charge in [-0.3, -0.25) is 4.79 Å². The fraction of sp³-hybridized carbons (Fsp3) is 0.500. The Balaban J connectivity index is 1.81. The molecule has 19 heavy (non-hydrogen) atoms. The molecule has 1 N–H and O–H groups in total. The Kier molecular flexibility index (Phi) is 3.70.